The molecule has 2 aromatic rings. The first kappa shape index (κ1) is 18.1. The van der Waals surface area contributed by atoms with Gasteiger partial charge in [-0.25, -0.2) is 9.97 Å². The number of carbonyl (C=O) groups is 1. The average molecular weight is 355 g/mol. The van der Waals surface area contributed by atoms with Crippen LogP contribution in [-0.2, 0) is 4.79 Å². The van der Waals surface area contributed by atoms with Gasteiger partial charge in [-0.15, -0.1) is 0 Å². The van der Waals surface area contributed by atoms with E-state index in [1.165, 1.54) is 6.33 Å². The highest BCUT2D eigenvalue weighted by molar-refractivity contribution is 5.76. The summed E-state index contributed by atoms with van der Waals surface area (Å²) >= 11 is 0. The lowest BCUT2D eigenvalue weighted by molar-refractivity contribution is -0.131. The second-order valence-electron chi connectivity index (χ2n) is 6.29. The van der Waals surface area contributed by atoms with Gasteiger partial charge in [-0.1, -0.05) is 37.3 Å². The number of amides is 1. The highest BCUT2D eigenvalue weighted by Crippen LogP contribution is 2.18. The zero-order valence-electron chi connectivity index (χ0n) is 15.0. The van der Waals surface area contributed by atoms with Gasteiger partial charge in [0, 0.05) is 45.2 Å². The van der Waals surface area contributed by atoms with E-state index in [0.29, 0.717) is 31.9 Å². The maximum Gasteiger partial charge on any atom is 0.222 e. The van der Waals surface area contributed by atoms with E-state index in [2.05, 4.69) is 20.2 Å². The standard InChI is InChI=1S/C19H25N5O2/c1-2-19(26)24-10-8-23(9-11-24)18-12-17(21-14-22-18)20-13-16(25)15-6-4-3-5-7-15/h3-7,12,14,16,25H,2,8-11,13H2,1H3,(H,20,21,22). The minimum Gasteiger partial charge on any atom is -0.387 e. The first-order chi connectivity index (χ1) is 12.7. The SMILES string of the molecule is CCC(=O)N1CCN(c2cc(NCC(O)c3ccccc3)ncn2)CC1. The number of hydrogen-bond acceptors (Lipinski definition) is 6. The van der Waals surface area contributed by atoms with Gasteiger partial charge in [0.15, 0.2) is 0 Å². The monoisotopic (exact) mass is 355 g/mol. The molecule has 3 rings (SSSR count). The zero-order chi connectivity index (χ0) is 18.4. The van der Waals surface area contributed by atoms with Crippen molar-refractivity contribution >= 4 is 17.5 Å². The van der Waals surface area contributed by atoms with Crippen LogP contribution in [0.15, 0.2) is 42.7 Å². The van der Waals surface area contributed by atoms with Crippen LogP contribution in [0.25, 0.3) is 0 Å². The van der Waals surface area contributed by atoms with Crippen LogP contribution in [0.3, 0.4) is 0 Å². The van der Waals surface area contributed by atoms with Crippen molar-refractivity contribution in [2.75, 3.05) is 42.9 Å². The summed E-state index contributed by atoms with van der Waals surface area (Å²) in [5.74, 6) is 1.71. The van der Waals surface area contributed by atoms with E-state index in [4.69, 9.17) is 0 Å². The van der Waals surface area contributed by atoms with Crippen LogP contribution in [0, 0.1) is 0 Å². The molecule has 0 aliphatic carbocycles. The van der Waals surface area contributed by atoms with Gasteiger partial charge >= 0.3 is 0 Å². The third-order valence-electron chi connectivity index (χ3n) is 4.57. The second kappa shape index (κ2) is 8.62. The maximum atomic E-state index is 11.8. The number of piperazine rings is 1. The number of hydrogen-bond donors (Lipinski definition) is 2. The summed E-state index contributed by atoms with van der Waals surface area (Å²) in [7, 11) is 0. The van der Waals surface area contributed by atoms with E-state index >= 15 is 0 Å². The molecular formula is C19H25N5O2. The first-order valence-corrected chi connectivity index (χ1v) is 8.99. The molecule has 1 aromatic heterocycles. The minimum atomic E-state index is -0.599. The highest BCUT2D eigenvalue weighted by atomic mass is 16.3. The van der Waals surface area contributed by atoms with Gasteiger partial charge < -0.3 is 20.2 Å². The van der Waals surface area contributed by atoms with Crippen molar-refractivity contribution in [1.29, 1.82) is 0 Å². The number of aliphatic hydroxyl groups is 1. The summed E-state index contributed by atoms with van der Waals surface area (Å²) in [5, 5.41) is 13.4. The summed E-state index contributed by atoms with van der Waals surface area (Å²) in [6.45, 7) is 5.21. The van der Waals surface area contributed by atoms with Gasteiger partial charge in [0.2, 0.25) is 5.91 Å². The zero-order valence-corrected chi connectivity index (χ0v) is 15.0. The molecule has 1 aromatic carbocycles. The Bertz CT molecular complexity index is 717. The molecule has 0 saturated carbocycles. The molecule has 7 nitrogen and oxygen atoms in total. The third kappa shape index (κ3) is 4.49. The van der Waals surface area contributed by atoms with Crippen LogP contribution in [0.5, 0.6) is 0 Å². The Labute approximate surface area is 153 Å². The Morgan fingerprint density at radius 1 is 1.19 bits per heavy atom. The molecular weight excluding hydrogens is 330 g/mol. The lowest BCUT2D eigenvalue weighted by Crippen LogP contribution is -2.48. The number of aliphatic hydroxyl groups excluding tert-OH is 1. The lowest BCUT2D eigenvalue weighted by Gasteiger charge is -2.35. The molecule has 1 saturated heterocycles. The van der Waals surface area contributed by atoms with Crippen LogP contribution in [-0.4, -0.2) is 58.6 Å². The van der Waals surface area contributed by atoms with Crippen molar-refractivity contribution in [2.45, 2.75) is 19.4 Å². The Balaban J connectivity index is 1.56. The Kier molecular flexibility index (Phi) is 6.01. The van der Waals surface area contributed by atoms with Crippen molar-refractivity contribution in [2.24, 2.45) is 0 Å². The van der Waals surface area contributed by atoms with Gasteiger partial charge in [-0.2, -0.15) is 0 Å². The molecule has 0 radical (unpaired) electrons. The van der Waals surface area contributed by atoms with Crippen molar-refractivity contribution < 1.29 is 9.90 Å². The van der Waals surface area contributed by atoms with Crippen molar-refractivity contribution in [3.63, 3.8) is 0 Å². The number of rotatable bonds is 6. The van der Waals surface area contributed by atoms with Crippen LogP contribution >= 0.6 is 0 Å². The van der Waals surface area contributed by atoms with Gasteiger partial charge in [-0.05, 0) is 5.56 Å². The fraction of sp³-hybridized carbons (Fsp3) is 0.421. The van der Waals surface area contributed by atoms with Gasteiger partial charge in [-0.3, -0.25) is 4.79 Å². The normalized spacial score (nSPS) is 15.6. The Hall–Kier alpha value is -2.67. The second-order valence-corrected chi connectivity index (χ2v) is 6.29. The highest BCUT2D eigenvalue weighted by Gasteiger charge is 2.21. The van der Waals surface area contributed by atoms with E-state index in [9.17, 15) is 9.90 Å². The number of aromatic nitrogens is 2. The lowest BCUT2D eigenvalue weighted by atomic mass is 10.1. The quantitative estimate of drug-likeness (QED) is 0.821. The molecule has 1 atom stereocenters. The molecule has 2 N–H and O–H groups in total. The first-order valence-electron chi connectivity index (χ1n) is 8.99. The topological polar surface area (TPSA) is 81.6 Å². The average Bonchev–Trinajstić information content (AvgIpc) is 2.72. The van der Waals surface area contributed by atoms with Gasteiger partial charge in [0.05, 0.1) is 6.10 Å². The molecule has 138 valence electrons. The summed E-state index contributed by atoms with van der Waals surface area (Å²) in [4.78, 5) is 24.4. The van der Waals surface area contributed by atoms with E-state index in [0.717, 1.165) is 24.5 Å². The van der Waals surface area contributed by atoms with Crippen molar-refractivity contribution in [3.8, 4) is 0 Å². The largest absolute Gasteiger partial charge is 0.387 e. The van der Waals surface area contributed by atoms with E-state index < -0.39 is 6.10 Å². The molecule has 7 heteroatoms. The van der Waals surface area contributed by atoms with Crippen LogP contribution < -0.4 is 10.2 Å². The number of nitrogens with one attached hydrogen (secondary N) is 1. The fourth-order valence-corrected chi connectivity index (χ4v) is 3.02. The molecule has 0 bridgehead atoms. The third-order valence-corrected chi connectivity index (χ3v) is 4.57. The summed E-state index contributed by atoms with van der Waals surface area (Å²) in [5.41, 5.74) is 0.867. The maximum absolute atomic E-state index is 11.8. The van der Waals surface area contributed by atoms with Crippen molar-refractivity contribution in [3.05, 3.63) is 48.3 Å². The van der Waals surface area contributed by atoms with Crippen LogP contribution in [0.1, 0.15) is 25.0 Å². The number of carbonyl (C=O) groups excluding carboxylic acids is 1. The van der Waals surface area contributed by atoms with Gasteiger partial charge in [0.25, 0.3) is 0 Å². The molecule has 1 amide bonds. The molecule has 2 heterocycles. The number of benzene rings is 1. The number of nitrogens with zero attached hydrogens (tertiary/aromatic N) is 4. The van der Waals surface area contributed by atoms with E-state index in [1.807, 2.05) is 48.2 Å². The van der Waals surface area contributed by atoms with Crippen molar-refractivity contribution in [1.82, 2.24) is 14.9 Å². The molecule has 0 spiro atoms. The molecule has 1 fully saturated rings. The molecule has 1 aliphatic heterocycles. The Morgan fingerprint density at radius 2 is 1.92 bits per heavy atom. The molecule has 1 unspecified atom stereocenters. The minimum absolute atomic E-state index is 0.199. The van der Waals surface area contributed by atoms with E-state index in [1.54, 1.807) is 0 Å². The summed E-state index contributed by atoms with van der Waals surface area (Å²) in [6.07, 6.45) is 1.47. The molecule has 1 aliphatic rings. The number of anilines is 2. The predicted molar refractivity (Wildman–Crippen MR) is 101 cm³/mol. The van der Waals surface area contributed by atoms with Crippen LogP contribution in [0.2, 0.25) is 0 Å². The summed E-state index contributed by atoms with van der Waals surface area (Å²) < 4.78 is 0. The van der Waals surface area contributed by atoms with Crippen LogP contribution in [0.4, 0.5) is 11.6 Å². The Morgan fingerprint density at radius 3 is 2.62 bits per heavy atom. The van der Waals surface area contributed by atoms with E-state index in [-0.39, 0.29) is 5.91 Å². The fourth-order valence-electron chi connectivity index (χ4n) is 3.02. The smallest absolute Gasteiger partial charge is 0.222 e. The summed E-state index contributed by atoms with van der Waals surface area (Å²) in [6, 6.07) is 11.4. The van der Waals surface area contributed by atoms with Gasteiger partial charge in [0.1, 0.15) is 18.0 Å². The molecule has 26 heavy (non-hydrogen) atoms. The predicted octanol–water partition coefficient (Wildman–Crippen LogP) is 1.68.